The Morgan fingerprint density at radius 3 is 2.47 bits per heavy atom. The third-order valence-electron chi connectivity index (χ3n) is 6.19. The first kappa shape index (κ1) is 25.5. The molecule has 8 nitrogen and oxygen atoms in total. The SMILES string of the molecule is CCC(=O)NCCc1c(C)n(S(=O)(=O)c2ccc(C)cc2)c2ccc(OCCn3ccc(C)n3)cc12. The first-order chi connectivity index (χ1) is 17.2. The van der Waals surface area contributed by atoms with Crippen LogP contribution in [-0.4, -0.2) is 41.2 Å². The lowest BCUT2D eigenvalue weighted by Crippen LogP contribution is -2.24. The quantitative estimate of drug-likeness (QED) is 0.347. The number of aromatic nitrogens is 3. The highest BCUT2D eigenvalue weighted by molar-refractivity contribution is 7.90. The van der Waals surface area contributed by atoms with Crippen molar-refractivity contribution < 1.29 is 17.9 Å². The van der Waals surface area contributed by atoms with Crippen molar-refractivity contribution in [2.75, 3.05) is 13.2 Å². The highest BCUT2D eigenvalue weighted by Gasteiger charge is 2.25. The molecule has 1 amide bonds. The van der Waals surface area contributed by atoms with Crippen LogP contribution in [0.15, 0.2) is 59.6 Å². The first-order valence-corrected chi connectivity index (χ1v) is 13.5. The Morgan fingerprint density at radius 2 is 1.81 bits per heavy atom. The number of aryl methyl sites for hydroxylation is 2. The Bertz CT molecular complexity index is 1480. The Balaban J connectivity index is 1.70. The van der Waals surface area contributed by atoms with E-state index in [0.29, 0.717) is 49.5 Å². The van der Waals surface area contributed by atoms with Crippen LogP contribution < -0.4 is 10.1 Å². The number of hydrogen-bond acceptors (Lipinski definition) is 5. The maximum absolute atomic E-state index is 13.7. The van der Waals surface area contributed by atoms with Crippen molar-refractivity contribution in [1.82, 2.24) is 19.1 Å². The van der Waals surface area contributed by atoms with E-state index in [0.717, 1.165) is 22.2 Å². The number of carbonyl (C=O) groups excluding carboxylic acids is 1. The van der Waals surface area contributed by atoms with Crippen LogP contribution in [0.2, 0.25) is 0 Å². The molecule has 4 aromatic rings. The third-order valence-corrected chi connectivity index (χ3v) is 8.01. The van der Waals surface area contributed by atoms with Crippen molar-refractivity contribution in [3.8, 4) is 5.75 Å². The molecule has 0 saturated heterocycles. The molecule has 1 N–H and O–H groups in total. The minimum atomic E-state index is -3.82. The summed E-state index contributed by atoms with van der Waals surface area (Å²) in [5.74, 6) is 0.608. The Labute approximate surface area is 211 Å². The number of nitrogens with one attached hydrogen (secondary N) is 1. The Hall–Kier alpha value is -3.59. The van der Waals surface area contributed by atoms with Gasteiger partial charge in [-0.25, -0.2) is 12.4 Å². The molecule has 190 valence electrons. The van der Waals surface area contributed by atoms with Crippen LogP contribution in [0.1, 0.15) is 35.9 Å². The second-order valence-corrected chi connectivity index (χ2v) is 10.6. The van der Waals surface area contributed by atoms with E-state index in [9.17, 15) is 13.2 Å². The van der Waals surface area contributed by atoms with E-state index < -0.39 is 10.0 Å². The molecular weight excluding hydrogens is 476 g/mol. The number of carbonyl (C=O) groups is 1. The van der Waals surface area contributed by atoms with Gasteiger partial charge in [-0.15, -0.1) is 0 Å². The molecular formula is C27H32N4O4S. The van der Waals surface area contributed by atoms with Crippen molar-refractivity contribution in [2.45, 2.75) is 52.0 Å². The normalized spacial score (nSPS) is 11.7. The molecule has 2 aromatic heterocycles. The minimum absolute atomic E-state index is 0.0402. The van der Waals surface area contributed by atoms with Gasteiger partial charge in [-0.3, -0.25) is 9.48 Å². The predicted molar refractivity (Wildman–Crippen MR) is 140 cm³/mol. The number of ether oxygens (including phenoxy) is 1. The van der Waals surface area contributed by atoms with Crippen LogP contribution in [0.25, 0.3) is 10.9 Å². The summed E-state index contributed by atoms with van der Waals surface area (Å²) < 4.78 is 36.6. The number of amides is 1. The largest absolute Gasteiger partial charge is 0.492 e. The van der Waals surface area contributed by atoms with Crippen LogP contribution >= 0.6 is 0 Å². The topological polar surface area (TPSA) is 95.2 Å². The van der Waals surface area contributed by atoms with Gasteiger partial charge >= 0.3 is 0 Å². The van der Waals surface area contributed by atoms with Gasteiger partial charge in [-0.1, -0.05) is 24.6 Å². The van der Waals surface area contributed by atoms with E-state index in [1.165, 1.54) is 3.97 Å². The maximum atomic E-state index is 13.7. The van der Waals surface area contributed by atoms with Crippen molar-refractivity contribution in [3.63, 3.8) is 0 Å². The summed E-state index contributed by atoms with van der Waals surface area (Å²) in [6.45, 7) is 8.91. The summed E-state index contributed by atoms with van der Waals surface area (Å²) in [6.07, 6.45) is 2.81. The molecule has 0 saturated carbocycles. The smallest absolute Gasteiger partial charge is 0.268 e. The standard InChI is InChI=1S/C27H32N4O4S/c1-5-27(32)28-14-12-24-21(4)31(36(33,34)23-9-6-19(2)7-10-23)26-11-8-22(18-25(24)26)35-17-16-30-15-13-20(3)29-30/h6-11,13,15,18H,5,12,14,16-17H2,1-4H3,(H,28,32). The van der Waals surface area contributed by atoms with Crippen molar-refractivity contribution in [3.05, 3.63) is 77.2 Å². The molecule has 9 heteroatoms. The fourth-order valence-corrected chi connectivity index (χ4v) is 5.84. The molecule has 0 spiro atoms. The molecule has 0 unspecified atom stereocenters. The van der Waals surface area contributed by atoms with Gasteiger partial charge in [-0.2, -0.15) is 5.10 Å². The molecule has 0 atom stereocenters. The summed E-state index contributed by atoms with van der Waals surface area (Å²) in [7, 11) is -3.82. The zero-order chi connectivity index (χ0) is 25.9. The Morgan fingerprint density at radius 1 is 1.06 bits per heavy atom. The molecule has 0 radical (unpaired) electrons. The fourth-order valence-electron chi connectivity index (χ4n) is 4.26. The summed E-state index contributed by atoms with van der Waals surface area (Å²) in [5, 5.41) is 8.05. The lowest BCUT2D eigenvalue weighted by atomic mass is 10.1. The average molecular weight is 509 g/mol. The maximum Gasteiger partial charge on any atom is 0.268 e. The number of rotatable bonds is 10. The van der Waals surface area contributed by atoms with E-state index in [1.807, 2.05) is 43.8 Å². The molecule has 2 aromatic carbocycles. The molecule has 36 heavy (non-hydrogen) atoms. The lowest BCUT2D eigenvalue weighted by Gasteiger charge is -2.11. The lowest BCUT2D eigenvalue weighted by molar-refractivity contribution is -0.120. The van der Waals surface area contributed by atoms with Crippen molar-refractivity contribution in [1.29, 1.82) is 0 Å². The minimum Gasteiger partial charge on any atom is -0.492 e. The van der Waals surface area contributed by atoms with Crippen LogP contribution in [0.3, 0.4) is 0 Å². The summed E-state index contributed by atoms with van der Waals surface area (Å²) in [6, 6.07) is 14.3. The molecule has 0 fully saturated rings. The van der Waals surface area contributed by atoms with E-state index in [1.54, 1.807) is 43.3 Å². The van der Waals surface area contributed by atoms with Gasteiger partial charge in [0.15, 0.2) is 0 Å². The Kier molecular flexibility index (Phi) is 7.49. The molecule has 2 heterocycles. The van der Waals surface area contributed by atoms with E-state index >= 15 is 0 Å². The van der Waals surface area contributed by atoms with E-state index in [2.05, 4.69) is 10.4 Å². The molecule has 0 aliphatic carbocycles. The van der Waals surface area contributed by atoms with Crippen molar-refractivity contribution in [2.24, 2.45) is 0 Å². The predicted octanol–water partition coefficient (Wildman–Crippen LogP) is 4.15. The first-order valence-electron chi connectivity index (χ1n) is 12.1. The third kappa shape index (κ3) is 5.31. The van der Waals surface area contributed by atoms with Gasteiger partial charge in [0.25, 0.3) is 10.0 Å². The molecule has 4 rings (SSSR count). The van der Waals surface area contributed by atoms with Crippen LogP contribution in [0.5, 0.6) is 5.75 Å². The zero-order valence-corrected chi connectivity index (χ0v) is 21.9. The summed E-state index contributed by atoms with van der Waals surface area (Å²) in [5.41, 5.74) is 4.01. The number of fused-ring (bicyclic) bond motifs is 1. The average Bonchev–Trinajstić information content (AvgIpc) is 3.39. The van der Waals surface area contributed by atoms with Crippen LogP contribution in [-0.2, 0) is 27.8 Å². The fraction of sp³-hybridized carbons (Fsp3) is 0.333. The summed E-state index contributed by atoms with van der Waals surface area (Å²) in [4.78, 5) is 12.0. The number of hydrogen-bond donors (Lipinski definition) is 1. The van der Waals surface area contributed by atoms with Gasteiger partial charge in [0.05, 0.1) is 22.7 Å². The van der Waals surface area contributed by atoms with Gasteiger partial charge in [0.1, 0.15) is 12.4 Å². The summed E-state index contributed by atoms with van der Waals surface area (Å²) >= 11 is 0. The highest BCUT2D eigenvalue weighted by atomic mass is 32.2. The van der Waals surface area contributed by atoms with Crippen molar-refractivity contribution >= 4 is 26.8 Å². The highest BCUT2D eigenvalue weighted by Crippen LogP contribution is 2.33. The van der Waals surface area contributed by atoms with E-state index in [-0.39, 0.29) is 10.8 Å². The molecule has 0 aliphatic rings. The molecule has 0 aliphatic heterocycles. The second kappa shape index (κ2) is 10.6. The molecule has 0 bridgehead atoms. The monoisotopic (exact) mass is 508 g/mol. The van der Waals surface area contributed by atoms with Crippen LogP contribution in [0.4, 0.5) is 0 Å². The van der Waals surface area contributed by atoms with E-state index in [4.69, 9.17) is 4.74 Å². The van der Waals surface area contributed by atoms with Gasteiger partial charge in [-0.05, 0) is 69.2 Å². The van der Waals surface area contributed by atoms with Gasteiger partial charge in [0.2, 0.25) is 5.91 Å². The number of nitrogens with zero attached hydrogens (tertiary/aromatic N) is 3. The zero-order valence-electron chi connectivity index (χ0n) is 21.1. The van der Waals surface area contributed by atoms with Crippen LogP contribution in [0, 0.1) is 20.8 Å². The van der Waals surface area contributed by atoms with Gasteiger partial charge in [0, 0.05) is 30.2 Å². The van der Waals surface area contributed by atoms with Gasteiger partial charge < -0.3 is 10.1 Å². The second-order valence-electron chi connectivity index (χ2n) is 8.85. The number of benzene rings is 2.